The van der Waals surface area contributed by atoms with Gasteiger partial charge in [0.15, 0.2) is 0 Å². The molecule has 1 rings (SSSR count). The molecule has 17 heavy (non-hydrogen) atoms. The second-order valence-corrected chi connectivity index (χ2v) is 3.54. The lowest BCUT2D eigenvalue weighted by Gasteiger charge is -2.09. The van der Waals surface area contributed by atoms with Gasteiger partial charge in [0.25, 0.3) is 11.6 Å². The first-order chi connectivity index (χ1) is 8.04. The largest absolute Gasteiger partial charge is 0.349 e. The maximum absolute atomic E-state index is 11.6. The molecule has 0 spiro atoms. The zero-order valence-corrected chi connectivity index (χ0v) is 9.21. The molecule has 0 fully saturated rings. The van der Waals surface area contributed by atoms with Gasteiger partial charge in [-0.2, -0.15) is 5.26 Å². The summed E-state index contributed by atoms with van der Waals surface area (Å²) < 4.78 is 0. The third kappa shape index (κ3) is 3.57. The van der Waals surface area contributed by atoms with Gasteiger partial charge >= 0.3 is 0 Å². The number of nitriles is 1. The zero-order valence-electron chi connectivity index (χ0n) is 9.21. The Kier molecular flexibility index (Phi) is 4.17. The van der Waals surface area contributed by atoms with Crippen molar-refractivity contribution in [2.24, 2.45) is 0 Å². The quantitative estimate of drug-likeness (QED) is 0.631. The molecule has 6 nitrogen and oxygen atoms in total. The van der Waals surface area contributed by atoms with Crippen molar-refractivity contribution in [1.82, 2.24) is 5.32 Å². The number of nitrogens with zero attached hydrogens (tertiary/aromatic N) is 2. The van der Waals surface area contributed by atoms with Gasteiger partial charge in [-0.25, -0.2) is 0 Å². The zero-order chi connectivity index (χ0) is 12.8. The van der Waals surface area contributed by atoms with Crippen LogP contribution in [-0.2, 0) is 0 Å². The average Bonchev–Trinajstić information content (AvgIpc) is 2.29. The number of nitro groups is 1. The van der Waals surface area contributed by atoms with Gasteiger partial charge in [0, 0.05) is 23.7 Å². The van der Waals surface area contributed by atoms with Gasteiger partial charge in [-0.1, -0.05) is 0 Å². The SMILES string of the molecule is CC(CC#N)NC(=O)c1ccc([N+](=O)[O-])cc1. The molecule has 0 aliphatic rings. The second-order valence-electron chi connectivity index (χ2n) is 3.54. The predicted molar refractivity (Wildman–Crippen MR) is 60.3 cm³/mol. The summed E-state index contributed by atoms with van der Waals surface area (Å²) in [5, 5.41) is 21.5. The molecule has 0 radical (unpaired) electrons. The Bertz CT molecular complexity index is 462. The summed E-state index contributed by atoms with van der Waals surface area (Å²) in [4.78, 5) is 21.5. The molecule has 0 saturated carbocycles. The molecular weight excluding hydrogens is 222 g/mol. The highest BCUT2D eigenvalue weighted by Crippen LogP contribution is 2.11. The van der Waals surface area contributed by atoms with Crippen LogP contribution in [0.1, 0.15) is 23.7 Å². The van der Waals surface area contributed by atoms with Crippen LogP contribution < -0.4 is 5.32 Å². The van der Waals surface area contributed by atoms with E-state index in [1.807, 2.05) is 6.07 Å². The summed E-state index contributed by atoms with van der Waals surface area (Å²) in [7, 11) is 0. The van der Waals surface area contributed by atoms with E-state index in [1.165, 1.54) is 24.3 Å². The molecule has 0 bridgehead atoms. The van der Waals surface area contributed by atoms with Crippen LogP contribution >= 0.6 is 0 Å². The standard InChI is InChI=1S/C11H11N3O3/c1-8(6-7-12)13-11(15)9-2-4-10(5-3-9)14(16)17/h2-5,8H,6H2,1H3,(H,13,15). The van der Waals surface area contributed by atoms with Gasteiger partial charge in [0.05, 0.1) is 17.4 Å². The highest BCUT2D eigenvalue weighted by atomic mass is 16.6. The minimum Gasteiger partial charge on any atom is -0.349 e. The molecule has 88 valence electrons. The summed E-state index contributed by atoms with van der Waals surface area (Å²) in [5.74, 6) is -0.345. The molecule has 1 amide bonds. The van der Waals surface area contributed by atoms with Gasteiger partial charge in [-0.15, -0.1) is 0 Å². The summed E-state index contributed by atoms with van der Waals surface area (Å²) in [6.07, 6.45) is 0.221. The van der Waals surface area contributed by atoms with Gasteiger partial charge < -0.3 is 5.32 Å². The van der Waals surface area contributed by atoms with Crippen molar-refractivity contribution in [2.45, 2.75) is 19.4 Å². The molecule has 1 unspecified atom stereocenters. The van der Waals surface area contributed by atoms with Crippen molar-refractivity contribution in [3.05, 3.63) is 39.9 Å². The van der Waals surface area contributed by atoms with Crippen LogP contribution in [-0.4, -0.2) is 16.9 Å². The van der Waals surface area contributed by atoms with Crippen LogP contribution in [0.4, 0.5) is 5.69 Å². The molecule has 1 aromatic carbocycles. The second kappa shape index (κ2) is 5.61. The first kappa shape index (κ1) is 12.6. The van der Waals surface area contributed by atoms with Gasteiger partial charge in [-0.05, 0) is 19.1 Å². The fraction of sp³-hybridized carbons (Fsp3) is 0.273. The van der Waals surface area contributed by atoms with Crippen LogP contribution in [0, 0.1) is 21.4 Å². The van der Waals surface area contributed by atoms with Crippen molar-refractivity contribution in [3.8, 4) is 6.07 Å². The Balaban J connectivity index is 2.70. The molecular formula is C11H11N3O3. The van der Waals surface area contributed by atoms with Crippen LogP contribution in [0.5, 0.6) is 0 Å². The van der Waals surface area contributed by atoms with E-state index in [9.17, 15) is 14.9 Å². The van der Waals surface area contributed by atoms with Crippen molar-refractivity contribution in [3.63, 3.8) is 0 Å². The van der Waals surface area contributed by atoms with Crippen LogP contribution in [0.15, 0.2) is 24.3 Å². The predicted octanol–water partition coefficient (Wildman–Crippen LogP) is 1.63. The third-order valence-electron chi connectivity index (χ3n) is 2.12. The molecule has 6 heteroatoms. The first-order valence-corrected chi connectivity index (χ1v) is 4.97. The molecule has 0 aliphatic heterocycles. The number of carbonyl (C=O) groups excluding carboxylic acids is 1. The number of hydrogen-bond donors (Lipinski definition) is 1. The minimum atomic E-state index is -0.528. The van der Waals surface area contributed by atoms with Crippen LogP contribution in [0.3, 0.4) is 0 Å². The Hall–Kier alpha value is -2.42. The van der Waals surface area contributed by atoms with Gasteiger partial charge in [-0.3, -0.25) is 14.9 Å². The topological polar surface area (TPSA) is 96.0 Å². The molecule has 1 aromatic rings. The van der Waals surface area contributed by atoms with E-state index < -0.39 is 4.92 Å². The third-order valence-corrected chi connectivity index (χ3v) is 2.12. The molecule has 0 aromatic heterocycles. The van der Waals surface area contributed by atoms with Crippen molar-refractivity contribution in [1.29, 1.82) is 5.26 Å². The normalized spacial score (nSPS) is 11.3. The van der Waals surface area contributed by atoms with Crippen molar-refractivity contribution in [2.75, 3.05) is 0 Å². The average molecular weight is 233 g/mol. The maximum Gasteiger partial charge on any atom is 0.269 e. The van der Waals surface area contributed by atoms with Crippen LogP contribution in [0.25, 0.3) is 0 Å². The molecule has 1 N–H and O–H groups in total. The highest BCUT2D eigenvalue weighted by molar-refractivity contribution is 5.94. The smallest absolute Gasteiger partial charge is 0.269 e. The molecule has 0 heterocycles. The molecule has 0 saturated heterocycles. The van der Waals surface area contributed by atoms with E-state index >= 15 is 0 Å². The Morgan fingerprint density at radius 1 is 1.53 bits per heavy atom. The van der Waals surface area contributed by atoms with E-state index in [0.29, 0.717) is 5.56 Å². The highest BCUT2D eigenvalue weighted by Gasteiger charge is 2.11. The lowest BCUT2D eigenvalue weighted by Crippen LogP contribution is -2.32. The van der Waals surface area contributed by atoms with Gasteiger partial charge in [0.1, 0.15) is 0 Å². The number of nitrogens with one attached hydrogen (secondary N) is 1. The number of benzene rings is 1. The molecule has 1 atom stereocenters. The lowest BCUT2D eigenvalue weighted by molar-refractivity contribution is -0.384. The fourth-order valence-corrected chi connectivity index (χ4v) is 1.23. The van der Waals surface area contributed by atoms with E-state index in [4.69, 9.17) is 5.26 Å². The van der Waals surface area contributed by atoms with E-state index in [0.717, 1.165) is 0 Å². The molecule has 0 aliphatic carbocycles. The number of amides is 1. The number of non-ortho nitro benzene ring substituents is 1. The Labute approximate surface area is 98.0 Å². The lowest BCUT2D eigenvalue weighted by atomic mass is 10.1. The first-order valence-electron chi connectivity index (χ1n) is 4.97. The van der Waals surface area contributed by atoms with E-state index in [1.54, 1.807) is 6.92 Å². The maximum atomic E-state index is 11.6. The summed E-state index contributed by atoms with van der Waals surface area (Å²) in [6, 6.07) is 7.00. The summed E-state index contributed by atoms with van der Waals surface area (Å²) in [6.45, 7) is 1.71. The summed E-state index contributed by atoms with van der Waals surface area (Å²) in [5.41, 5.74) is 0.270. The minimum absolute atomic E-state index is 0.0633. The number of hydrogen-bond acceptors (Lipinski definition) is 4. The Morgan fingerprint density at radius 2 is 2.12 bits per heavy atom. The fourth-order valence-electron chi connectivity index (χ4n) is 1.23. The van der Waals surface area contributed by atoms with E-state index in [-0.39, 0.29) is 24.1 Å². The summed E-state index contributed by atoms with van der Waals surface area (Å²) >= 11 is 0. The number of carbonyl (C=O) groups is 1. The van der Waals surface area contributed by atoms with Crippen molar-refractivity contribution >= 4 is 11.6 Å². The number of nitro benzene ring substituents is 1. The van der Waals surface area contributed by atoms with Gasteiger partial charge in [0.2, 0.25) is 0 Å². The van der Waals surface area contributed by atoms with E-state index in [2.05, 4.69) is 5.32 Å². The Morgan fingerprint density at radius 3 is 2.59 bits per heavy atom. The van der Waals surface area contributed by atoms with Crippen LogP contribution in [0.2, 0.25) is 0 Å². The monoisotopic (exact) mass is 233 g/mol. The number of rotatable bonds is 4. The van der Waals surface area contributed by atoms with Crippen molar-refractivity contribution < 1.29 is 9.72 Å².